The summed E-state index contributed by atoms with van der Waals surface area (Å²) in [5.74, 6) is 1.17. The van der Waals surface area contributed by atoms with Crippen LogP contribution in [0, 0.1) is 0 Å². The zero-order chi connectivity index (χ0) is 14.7. The number of hydrogen-bond acceptors (Lipinski definition) is 4. The lowest BCUT2D eigenvalue weighted by molar-refractivity contribution is 0.385. The summed E-state index contributed by atoms with van der Waals surface area (Å²) in [5.41, 5.74) is 8.87. The molecular weight excluding hydrogens is 330 g/mol. The zero-order valence-electron chi connectivity index (χ0n) is 11.3. The minimum Gasteiger partial charge on any atom is -0.339 e. The van der Waals surface area contributed by atoms with Gasteiger partial charge in [-0.15, -0.1) is 0 Å². The summed E-state index contributed by atoms with van der Waals surface area (Å²) in [7, 11) is 0. The van der Waals surface area contributed by atoms with Gasteiger partial charge in [-0.25, -0.2) is 0 Å². The third kappa shape index (κ3) is 3.04. The van der Waals surface area contributed by atoms with Crippen molar-refractivity contribution in [1.82, 2.24) is 10.1 Å². The maximum absolute atomic E-state index is 5.75. The third-order valence-corrected chi connectivity index (χ3v) is 3.95. The fourth-order valence-corrected chi connectivity index (χ4v) is 2.63. The van der Waals surface area contributed by atoms with Gasteiger partial charge in [0.25, 0.3) is 0 Å². The second-order valence-electron chi connectivity index (χ2n) is 4.64. The van der Waals surface area contributed by atoms with E-state index in [2.05, 4.69) is 26.1 Å². The number of nitrogens with two attached hydrogens (primary N) is 1. The molecule has 0 aliphatic rings. The summed E-state index contributed by atoms with van der Waals surface area (Å²) in [6, 6.07) is 15.8. The highest BCUT2D eigenvalue weighted by Gasteiger charge is 2.12. The highest BCUT2D eigenvalue weighted by Crippen LogP contribution is 2.26. The fraction of sp³-hybridized carbons (Fsp3) is 0.125. The maximum atomic E-state index is 5.75. The molecule has 3 rings (SSSR count). The number of nitrogens with zero attached hydrogens (tertiary/aromatic N) is 2. The van der Waals surface area contributed by atoms with E-state index in [1.165, 1.54) is 0 Å². The molecule has 2 N–H and O–H groups in total. The van der Waals surface area contributed by atoms with Gasteiger partial charge in [-0.05, 0) is 23.3 Å². The van der Waals surface area contributed by atoms with Crippen LogP contribution in [-0.2, 0) is 13.0 Å². The standard InChI is InChI=1S/C16H14BrN3O/c17-14-8-4-3-7-13(14)16-19-15(21-20-16)9-11-5-1-2-6-12(11)10-18/h1-8H,9-10,18H2. The average Bonchev–Trinajstić information content (AvgIpc) is 2.96. The first-order valence-corrected chi connectivity index (χ1v) is 7.41. The van der Waals surface area contributed by atoms with Gasteiger partial charge in [0.2, 0.25) is 11.7 Å². The molecule has 0 spiro atoms. The molecule has 0 unspecified atom stereocenters. The van der Waals surface area contributed by atoms with Crippen LogP contribution in [0.2, 0.25) is 0 Å². The van der Waals surface area contributed by atoms with E-state index in [1.54, 1.807) is 0 Å². The molecule has 0 amide bonds. The van der Waals surface area contributed by atoms with E-state index in [-0.39, 0.29) is 0 Å². The number of halogens is 1. The Balaban J connectivity index is 1.87. The van der Waals surface area contributed by atoms with Gasteiger partial charge in [0.1, 0.15) is 0 Å². The van der Waals surface area contributed by atoms with E-state index in [9.17, 15) is 0 Å². The average molecular weight is 344 g/mol. The van der Waals surface area contributed by atoms with Crippen LogP contribution < -0.4 is 5.73 Å². The van der Waals surface area contributed by atoms with Crippen molar-refractivity contribution in [1.29, 1.82) is 0 Å². The summed E-state index contributed by atoms with van der Waals surface area (Å²) >= 11 is 3.49. The topological polar surface area (TPSA) is 64.9 Å². The van der Waals surface area contributed by atoms with E-state index in [4.69, 9.17) is 10.3 Å². The first-order chi connectivity index (χ1) is 10.3. The Kier molecular flexibility index (Phi) is 4.13. The number of rotatable bonds is 4. The minimum absolute atomic E-state index is 0.501. The van der Waals surface area contributed by atoms with Crippen molar-refractivity contribution in [2.75, 3.05) is 0 Å². The van der Waals surface area contributed by atoms with Gasteiger partial charge >= 0.3 is 0 Å². The molecule has 1 aromatic heterocycles. The summed E-state index contributed by atoms with van der Waals surface area (Å²) < 4.78 is 6.30. The molecule has 106 valence electrons. The van der Waals surface area contributed by atoms with Gasteiger partial charge < -0.3 is 10.3 Å². The Morgan fingerprint density at radius 1 is 1.00 bits per heavy atom. The number of benzene rings is 2. The second-order valence-corrected chi connectivity index (χ2v) is 5.50. The number of aromatic nitrogens is 2. The van der Waals surface area contributed by atoms with Crippen molar-refractivity contribution in [3.63, 3.8) is 0 Å². The molecule has 0 aliphatic heterocycles. The molecule has 0 saturated carbocycles. The van der Waals surface area contributed by atoms with E-state index in [0.717, 1.165) is 21.2 Å². The Morgan fingerprint density at radius 3 is 2.48 bits per heavy atom. The van der Waals surface area contributed by atoms with E-state index >= 15 is 0 Å². The summed E-state index contributed by atoms with van der Waals surface area (Å²) in [6.07, 6.45) is 0.588. The molecule has 21 heavy (non-hydrogen) atoms. The van der Waals surface area contributed by atoms with Crippen molar-refractivity contribution in [3.8, 4) is 11.4 Å². The largest absolute Gasteiger partial charge is 0.339 e. The summed E-state index contributed by atoms with van der Waals surface area (Å²) in [4.78, 5) is 4.46. The van der Waals surface area contributed by atoms with Gasteiger partial charge in [-0.1, -0.05) is 57.5 Å². The molecule has 1 heterocycles. The molecular formula is C16H14BrN3O. The Morgan fingerprint density at radius 2 is 1.71 bits per heavy atom. The van der Waals surface area contributed by atoms with Crippen molar-refractivity contribution in [2.45, 2.75) is 13.0 Å². The van der Waals surface area contributed by atoms with Gasteiger partial charge in [0, 0.05) is 16.6 Å². The normalized spacial score (nSPS) is 10.8. The minimum atomic E-state index is 0.501. The zero-order valence-corrected chi connectivity index (χ0v) is 12.9. The Bertz CT molecular complexity index is 755. The van der Waals surface area contributed by atoms with Crippen LogP contribution in [0.3, 0.4) is 0 Å². The second kappa shape index (κ2) is 6.20. The first kappa shape index (κ1) is 14.0. The molecule has 0 radical (unpaired) electrons. The van der Waals surface area contributed by atoms with Crippen LogP contribution in [-0.4, -0.2) is 10.1 Å². The lowest BCUT2D eigenvalue weighted by atomic mass is 10.0. The third-order valence-electron chi connectivity index (χ3n) is 3.26. The first-order valence-electron chi connectivity index (χ1n) is 6.62. The van der Waals surface area contributed by atoms with Crippen molar-refractivity contribution in [2.24, 2.45) is 5.73 Å². The van der Waals surface area contributed by atoms with Gasteiger partial charge in [-0.2, -0.15) is 4.98 Å². The predicted molar refractivity (Wildman–Crippen MR) is 84.6 cm³/mol. The van der Waals surface area contributed by atoms with Gasteiger partial charge in [-0.3, -0.25) is 0 Å². The molecule has 4 nitrogen and oxygen atoms in total. The summed E-state index contributed by atoms with van der Waals surface area (Å²) in [6.45, 7) is 0.501. The van der Waals surface area contributed by atoms with Crippen LogP contribution in [0.5, 0.6) is 0 Å². The van der Waals surface area contributed by atoms with Gasteiger partial charge in [0.05, 0.1) is 6.42 Å². The molecule has 2 aromatic carbocycles. The summed E-state index contributed by atoms with van der Waals surface area (Å²) in [5, 5.41) is 4.05. The lowest BCUT2D eigenvalue weighted by Crippen LogP contribution is -2.02. The number of hydrogen-bond donors (Lipinski definition) is 1. The van der Waals surface area contributed by atoms with E-state index in [0.29, 0.717) is 24.7 Å². The van der Waals surface area contributed by atoms with Crippen LogP contribution >= 0.6 is 15.9 Å². The van der Waals surface area contributed by atoms with E-state index in [1.807, 2.05) is 48.5 Å². The van der Waals surface area contributed by atoms with Crippen molar-refractivity contribution < 1.29 is 4.52 Å². The molecule has 0 aliphatic carbocycles. The Hall–Kier alpha value is -1.98. The molecule has 0 saturated heterocycles. The van der Waals surface area contributed by atoms with Crippen molar-refractivity contribution in [3.05, 3.63) is 70.0 Å². The van der Waals surface area contributed by atoms with Crippen LogP contribution in [0.1, 0.15) is 17.0 Å². The van der Waals surface area contributed by atoms with Crippen LogP contribution in [0.15, 0.2) is 57.5 Å². The quantitative estimate of drug-likeness (QED) is 0.786. The van der Waals surface area contributed by atoms with Crippen LogP contribution in [0.25, 0.3) is 11.4 Å². The highest BCUT2D eigenvalue weighted by atomic mass is 79.9. The predicted octanol–water partition coefficient (Wildman–Crippen LogP) is 3.55. The fourth-order valence-electron chi connectivity index (χ4n) is 2.17. The monoisotopic (exact) mass is 343 g/mol. The van der Waals surface area contributed by atoms with E-state index < -0.39 is 0 Å². The lowest BCUT2D eigenvalue weighted by Gasteiger charge is -2.03. The van der Waals surface area contributed by atoms with Crippen LogP contribution in [0.4, 0.5) is 0 Å². The SMILES string of the molecule is NCc1ccccc1Cc1nc(-c2ccccc2Br)no1. The molecule has 0 bridgehead atoms. The Labute approximate surface area is 131 Å². The maximum Gasteiger partial charge on any atom is 0.231 e. The van der Waals surface area contributed by atoms with Crippen molar-refractivity contribution >= 4 is 15.9 Å². The molecule has 0 atom stereocenters. The van der Waals surface area contributed by atoms with Gasteiger partial charge in [0.15, 0.2) is 0 Å². The molecule has 3 aromatic rings. The highest BCUT2D eigenvalue weighted by molar-refractivity contribution is 9.10. The molecule has 0 fully saturated rings. The molecule has 5 heteroatoms. The smallest absolute Gasteiger partial charge is 0.231 e.